The SMILES string of the molecule is CC(O)CCNC(=O)c1cccc(NC(=O)C2CC2C)c1. The molecule has 1 aliphatic carbocycles. The molecule has 0 aromatic heterocycles. The molecule has 0 radical (unpaired) electrons. The molecule has 21 heavy (non-hydrogen) atoms. The van der Waals surface area contributed by atoms with Gasteiger partial charge in [0, 0.05) is 23.7 Å². The van der Waals surface area contributed by atoms with Gasteiger partial charge in [-0.3, -0.25) is 9.59 Å². The van der Waals surface area contributed by atoms with Crippen molar-refractivity contribution in [3.63, 3.8) is 0 Å². The Morgan fingerprint density at radius 3 is 2.76 bits per heavy atom. The second-order valence-corrected chi connectivity index (χ2v) is 5.78. The molecule has 0 spiro atoms. The summed E-state index contributed by atoms with van der Waals surface area (Å²) >= 11 is 0. The van der Waals surface area contributed by atoms with Crippen molar-refractivity contribution in [1.29, 1.82) is 0 Å². The predicted molar refractivity (Wildman–Crippen MR) is 81.0 cm³/mol. The van der Waals surface area contributed by atoms with Crippen LogP contribution in [0.3, 0.4) is 0 Å². The van der Waals surface area contributed by atoms with Crippen molar-refractivity contribution in [2.45, 2.75) is 32.8 Å². The van der Waals surface area contributed by atoms with Gasteiger partial charge in [0.05, 0.1) is 6.10 Å². The fourth-order valence-electron chi connectivity index (χ4n) is 2.16. The van der Waals surface area contributed by atoms with Crippen molar-refractivity contribution in [3.8, 4) is 0 Å². The third kappa shape index (κ3) is 4.56. The van der Waals surface area contributed by atoms with Crippen LogP contribution >= 0.6 is 0 Å². The van der Waals surface area contributed by atoms with Gasteiger partial charge in [0.2, 0.25) is 5.91 Å². The number of aliphatic hydroxyl groups excluding tert-OH is 1. The molecule has 0 saturated heterocycles. The molecule has 3 N–H and O–H groups in total. The lowest BCUT2D eigenvalue weighted by Crippen LogP contribution is -2.26. The van der Waals surface area contributed by atoms with E-state index in [1.54, 1.807) is 31.2 Å². The molecule has 3 atom stereocenters. The van der Waals surface area contributed by atoms with Gasteiger partial charge in [0.1, 0.15) is 0 Å². The number of anilines is 1. The molecule has 1 aromatic rings. The van der Waals surface area contributed by atoms with Gasteiger partial charge in [-0.05, 0) is 43.9 Å². The molecule has 1 aromatic carbocycles. The summed E-state index contributed by atoms with van der Waals surface area (Å²) in [5.41, 5.74) is 1.14. The summed E-state index contributed by atoms with van der Waals surface area (Å²) in [4.78, 5) is 23.8. The minimum atomic E-state index is -0.434. The molecule has 5 heteroatoms. The lowest BCUT2D eigenvalue weighted by Gasteiger charge is -2.09. The summed E-state index contributed by atoms with van der Waals surface area (Å²) in [5.74, 6) is 0.381. The fraction of sp³-hybridized carbons (Fsp3) is 0.500. The van der Waals surface area contributed by atoms with E-state index in [-0.39, 0.29) is 17.7 Å². The van der Waals surface area contributed by atoms with Gasteiger partial charge in [-0.25, -0.2) is 0 Å². The van der Waals surface area contributed by atoms with E-state index < -0.39 is 6.10 Å². The van der Waals surface area contributed by atoms with Gasteiger partial charge in [0.15, 0.2) is 0 Å². The molecule has 5 nitrogen and oxygen atoms in total. The topological polar surface area (TPSA) is 78.4 Å². The van der Waals surface area contributed by atoms with E-state index in [1.165, 1.54) is 0 Å². The Morgan fingerprint density at radius 2 is 2.14 bits per heavy atom. The number of amides is 2. The normalized spacial score (nSPS) is 21.5. The Labute approximate surface area is 124 Å². The van der Waals surface area contributed by atoms with E-state index in [0.29, 0.717) is 30.1 Å². The number of carbonyl (C=O) groups is 2. The lowest BCUT2D eigenvalue weighted by molar-refractivity contribution is -0.117. The van der Waals surface area contributed by atoms with Crippen LogP contribution in [0.2, 0.25) is 0 Å². The second kappa shape index (κ2) is 6.72. The molecule has 2 rings (SSSR count). The van der Waals surface area contributed by atoms with Crippen molar-refractivity contribution in [3.05, 3.63) is 29.8 Å². The van der Waals surface area contributed by atoms with Crippen LogP contribution in [0, 0.1) is 11.8 Å². The maximum Gasteiger partial charge on any atom is 0.251 e. The van der Waals surface area contributed by atoms with Crippen LogP contribution in [0.5, 0.6) is 0 Å². The molecule has 1 fully saturated rings. The van der Waals surface area contributed by atoms with Crippen LogP contribution in [-0.2, 0) is 4.79 Å². The highest BCUT2D eigenvalue weighted by molar-refractivity contribution is 5.98. The number of benzene rings is 1. The van der Waals surface area contributed by atoms with Crippen LogP contribution < -0.4 is 10.6 Å². The van der Waals surface area contributed by atoms with Crippen molar-refractivity contribution in [2.75, 3.05) is 11.9 Å². The van der Waals surface area contributed by atoms with Crippen molar-refractivity contribution in [1.82, 2.24) is 5.32 Å². The average Bonchev–Trinajstić information content (AvgIpc) is 3.16. The lowest BCUT2D eigenvalue weighted by atomic mass is 10.1. The third-order valence-electron chi connectivity index (χ3n) is 3.69. The highest BCUT2D eigenvalue weighted by Crippen LogP contribution is 2.38. The molecule has 0 heterocycles. The van der Waals surface area contributed by atoms with Gasteiger partial charge in [0.25, 0.3) is 5.91 Å². The Kier molecular flexibility index (Phi) is 4.96. The summed E-state index contributed by atoms with van der Waals surface area (Å²) < 4.78 is 0. The summed E-state index contributed by atoms with van der Waals surface area (Å²) in [6.45, 7) is 4.16. The van der Waals surface area contributed by atoms with Gasteiger partial charge < -0.3 is 15.7 Å². The molecule has 1 aliphatic rings. The van der Waals surface area contributed by atoms with Gasteiger partial charge >= 0.3 is 0 Å². The summed E-state index contributed by atoms with van der Waals surface area (Å²) in [5, 5.41) is 14.7. The first-order valence-electron chi connectivity index (χ1n) is 7.34. The van der Waals surface area contributed by atoms with E-state index in [2.05, 4.69) is 17.6 Å². The minimum Gasteiger partial charge on any atom is -0.393 e. The first kappa shape index (κ1) is 15.5. The van der Waals surface area contributed by atoms with Gasteiger partial charge in [-0.15, -0.1) is 0 Å². The predicted octanol–water partition coefficient (Wildman–Crippen LogP) is 1.78. The number of rotatable bonds is 6. The molecule has 114 valence electrons. The first-order chi connectivity index (χ1) is 9.97. The molecule has 3 unspecified atom stereocenters. The number of aliphatic hydroxyl groups is 1. The highest BCUT2D eigenvalue weighted by Gasteiger charge is 2.39. The van der Waals surface area contributed by atoms with E-state index in [0.717, 1.165) is 6.42 Å². The zero-order valence-electron chi connectivity index (χ0n) is 12.4. The Morgan fingerprint density at radius 1 is 1.43 bits per heavy atom. The smallest absolute Gasteiger partial charge is 0.251 e. The second-order valence-electron chi connectivity index (χ2n) is 5.78. The van der Waals surface area contributed by atoms with Crippen molar-refractivity contribution >= 4 is 17.5 Å². The summed E-state index contributed by atoms with van der Waals surface area (Å²) in [6.07, 6.45) is 1.02. The van der Waals surface area contributed by atoms with Crippen LogP contribution in [0.4, 0.5) is 5.69 Å². The van der Waals surface area contributed by atoms with E-state index in [1.807, 2.05) is 0 Å². The Hall–Kier alpha value is -1.88. The Bertz CT molecular complexity index is 528. The van der Waals surface area contributed by atoms with E-state index in [9.17, 15) is 9.59 Å². The molecule has 1 saturated carbocycles. The standard InChI is InChI=1S/C16H22N2O3/c1-10-8-14(10)16(21)18-13-5-3-4-12(9-13)15(20)17-7-6-11(2)19/h3-5,9-11,14,19H,6-8H2,1-2H3,(H,17,20)(H,18,21). The van der Waals surface area contributed by atoms with Crippen LogP contribution in [0.25, 0.3) is 0 Å². The first-order valence-corrected chi connectivity index (χ1v) is 7.34. The number of carbonyl (C=O) groups excluding carboxylic acids is 2. The van der Waals surface area contributed by atoms with Gasteiger partial charge in [-0.1, -0.05) is 13.0 Å². The summed E-state index contributed by atoms with van der Waals surface area (Å²) in [6, 6.07) is 6.89. The van der Waals surface area contributed by atoms with E-state index >= 15 is 0 Å². The Balaban J connectivity index is 1.90. The monoisotopic (exact) mass is 290 g/mol. The minimum absolute atomic E-state index is 0.0224. The van der Waals surface area contributed by atoms with Crippen LogP contribution in [0.15, 0.2) is 24.3 Å². The van der Waals surface area contributed by atoms with Crippen molar-refractivity contribution < 1.29 is 14.7 Å². The molecular formula is C16H22N2O3. The molecular weight excluding hydrogens is 268 g/mol. The quantitative estimate of drug-likeness (QED) is 0.747. The number of hydrogen-bond donors (Lipinski definition) is 3. The zero-order chi connectivity index (χ0) is 15.4. The maximum absolute atomic E-state index is 12.0. The zero-order valence-corrected chi connectivity index (χ0v) is 12.4. The van der Waals surface area contributed by atoms with E-state index in [4.69, 9.17) is 5.11 Å². The largest absolute Gasteiger partial charge is 0.393 e. The molecule has 0 bridgehead atoms. The number of hydrogen-bond acceptors (Lipinski definition) is 3. The van der Waals surface area contributed by atoms with Gasteiger partial charge in [-0.2, -0.15) is 0 Å². The summed E-state index contributed by atoms with van der Waals surface area (Å²) in [7, 11) is 0. The van der Waals surface area contributed by atoms with Crippen LogP contribution in [-0.4, -0.2) is 29.6 Å². The number of nitrogens with one attached hydrogen (secondary N) is 2. The van der Waals surface area contributed by atoms with Crippen molar-refractivity contribution in [2.24, 2.45) is 11.8 Å². The molecule has 0 aliphatic heterocycles. The maximum atomic E-state index is 12.0. The average molecular weight is 290 g/mol. The van der Waals surface area contributed by atoms with Crippen LogP contribution in [0.1, 0.15) is 37.0 Å². The fourth-order valence-corrected chi connectivity index (χ4v) is 2.16. The third-order valence-corrected chi connectivity index (χ3v) is 3.69. The highest BCUT2D eigenvalue weighted by atomic mass is 16.3. The molecule has 2 amide bonds.